The van der Waals surface area contributed by atoms with Gasteiger partial charge >= 0.3 is 5.97 Å². The maximum atomic E-state index is 12.5. The number of benzene rings is 1. The number of rotatable bonds is 3. The molecule has 1 N–H and O–H groups in total. The van der Waals surface area contributed by atoms with Gasteiger partial charge in [0, 0.05) is 11.6 Å². The Morgan fingerprint density at radius 1 is 1.18 bits per heavy atom. The van der Waals surface area contributed by atoms with Crippen LogP contribution in [0, 0.1) is 23.7 Å². The topological polar surface area (TPSA) is 95.5 Å². The maximum absolute atomic E-state index is 12.5. The van der Waals surface area contributed by atoms with Gasteiger partial charge in [-0.15, -0.1) is 0 Å². The lowest BCUT2D eigenvalue weighted by Gasteiger charge is -2.23. The van der Waals surface area contributed by atoms with Crippen LogP contribution in [-0.2, 0) is 14.3 Å². The molecule has 0 aromatic heterocycles. The first-order valence-electron chi connectivity index (χ1n) is 7.37. The van der Waals surface area contributed by atoms with Gasteiger partial charge in [-0.2, -0.15) is 0 Å². The first kappa shape index (κ1) is 13.3. The fourth-order valence-electron chi connectivity index (χ4n) is 4.28. The van der Waals surface area contributed by atoms with Crippen LogP contribution in [0.15, 0.2) is 24.3 Å². The summed E-state index contributed by atoms with van der Waals surface area (Å²) < 4.78 is 5.32. The van der Waals surface area contributed by atoms with Crippen molar-refractivity contribution in [3.63, 3.8) is 0 Å². The summed E-state index contributed by atoms with van der Waals surface area (Å²) >= 11 is 0. The molecule has 0 unspecified atom stereocenters. The van der Waals surface area contributed by atoms with Crippen LogP contribution in [-0.4, -0.2) is 23.9 Å². The van der Waals surface area contributed by atoms with Crippen LogP contribution < -0.4 is 10.4 Å². The summed E-state index contributed by atoms with van der Waals surface area (Å²) in [5.74, 6) is -1.95. The number of aromatic carboxylic acids is 1. The maximum Gasteiger partial charge on any atom is 0.310 e. The van der Waals surface area contributed by atoms with Gasteiger partial charge in [0.05, 0.1) is 17.8 Å². The summed E-state index contributed by atoms with van der Waals surface area (Å²) in [5.41, 5.74) is 0.570. The Morgan fingerprint density at radius 3 is 2.59 bits per heavy atom. The number of esters is 1. The van der Waals surface area contributed by atoms with E-state index in [4.69, 9.17) is 4.74 Å². The molecular formula is C16H14NO5-. The Balaban J connectivity index is 1.51. The SMILES string of the molecule is O=C([O-])c1ccc(NC(=O)[C@H]2[C@@H]3C[C@@H]4[C@@H]2C(=O)O[C@@H]4C3)cc1. The fraction of sp³-hybridized carbons (Fsp3) is 0.438. The first-order chi connectivity index (χ1) is 10.5. The van der Waals surface area contributed by atoms with E-state index in [-0.39, 0.29) is 47.2 Å². The van der Waals surface area contributed by atoms with Crippen molar-refractivity contribution in [2.24, 2.45) is 23.7 Å². The van der Waals surface area contributed by atoms with Crippen LogP contribution in [0.3, 0.4) is 0 Å². The molecule has 1 heterocycles. The Morgan fingerprint density at radius 2 is 1.91 bits per heavy atom. The van der Waals surface area contributed by atoms with Crippen LogP contribution in [0.1, 0.15) is 23.2 Å². The average Bonchev–Trinajstić information content (AvgIpc) is 3.09. The van der Waals surface area contributed by atoms with Gasteiger partial charge in [0.15, 0.2) is 0 Å². The van der Waals surface area contributed by atoms with Crippen LogP contribution in [0.2, 0.25) is 0 Å². The standard InChI is InChI=1S/C16H15NO5/c18-14(17-9-3-1-7(2-4-9)15(19)20)12-8-5-10-11(6-8)22-16(21)13(10)12/h1-4,8,10-13H,5-6H2,(H,17,18)(H,19,20)/p-1/t8-,10+,11-,12+,13+/m1/s1. The lowest BCUT2D eigenvalue weighted by Crippen LogP contribution is -2.35. The summed E-state index contributed by atoms with van der Waals surface area (Å²) in [6.45, 7) is 0. The number of fused-ring (bicyclic) bond motifs is 1. The van der Waals surface area contributed by atoms with Crippen LogP contribution in [0.25, 0.3) is 0 Å². The number of amides is 1. The van der Waals surface area contributed by atoms with E-state index in [0.717, 1.165) is 12.8 Å². The van der Waals surface area contributed by atoms with E-state index in [0.29, 0.717) is 5.69 Å². The minimum absolute atomic E-state index is 0.00824. The van der Waals surface area contributed by atoms with Gasteiger partial charge in [-0.25, -0.2) is 0 Å². The van der Waals surface area contributed by atoms with E-state index in [1.807, 2.05) is 0 Å². The molecule has 0 spiro atoms. The fourth-order valence-corrected chi connectivity index (χ4v) is 4.28. The zero-order chi connectivity index (χ0) is 15.4. The zero-order valence-corrected chi connectivity index (χ0v) is 11.7. The number of carboxylic acids is 1. The third-order valence-corrected chi connectivity index (χ3v) is 5.17. The number of anilines is 1. The van der Waals surface area contributed by atoms with Gasteiger partial charge < -0.3 is 20.0 Å². The molecule has 1 amide bonds. The summed E-state index contributed by atoms with van der Waals surface area (Å²) in [6, 6.07) is 5.80. The molecule has 1 aliphatic heterocycles. The molecule has 3 aliphatic rings. The number of carboxylic acid groups (broad SMARTS) is 1. The van der Waals surface area contributed by atoms with Crippen molar-refractivity contribution in [2.45, 2.75) is 18.9 Å². The van der Waals surface area contributed by atoms with Crippen LogP contribution >= 0.6 is 0 Å². The highest BCUT2D eigenvalue weighted by atomic mass is 16.6. The van der Waals surface area contributed by atoms with Crippen molar-refractivity contribution in [3.05, 3.63) is 29.8 Å². The number of ether oxygens (including phenoxy) is 1. The highest BCUT2D eigenvalue weighted by molar-refractivity contribution is 5.97. The molecule has 2 saturated carbocycles. The highest BCUT2D eigenvalue weighted by Gasteiger charge is 2.63. The average molecular weight is 300 g/mol. The molecule has 4 rings (SSSR count). The summed E-state index contributed by atoms with van der Waals surface area (Å²) in [4.78, 5) is 35.1. The van der Waals surface area contributed by atoms with Gasteiger partial charge in [-0.1, -0.05) is 12.1 Å². The second-order valence-electron chi connectivity index (χ2n) is 6.28. The van der Waals surface area contributed by atoms with Crippen molar-refractivity contribution in [1.29, 1.82) is 0 Å². The Kier molecular flexibility index (Phi) is 2.76. The molecule has 1 aromatic rings. The van der Waals surface area contributed by atoms with Gasteiger partial charge in [0.1, 0.15) is 6.10 Å². The number of carbonyl (C=O) groups excluding carboxylic acids is 3. The summed E-state index contributed by atoms with van der Waals surface area (Å²) in [6.07, 6.45) is 1.66. The normalized spacial score (nSPS) is 34.5. The molecule has 5 atom stereocenters. The molecule has 0 radical (unpaired) electrons. The minimum atomic E-state index is -1.26. The lowest BCUT2D eigenvalue weighted by atomic mass is 9.79. The van der Waals surface area contributed by atoms with E-state index in [1.165, 1.54) is 24.3 Å². The number of nitrogens with one attached hydrogen (secondary N) is 1. The Bertz CT molecular complexity index is 666. The van der Waals surface area contributed by atoms with E-state index in [9.17, 15) is 19.5 Å². The van der Waals surface area contributed by atoms with Crippen molar-refractivity contribution in [3.8, 4) is 0 Å². The predicted octanol–water partition coefficient (Wildman–Crippen LogP) is 0.186. The van der Waals surface area contributed by atoms with Crippen LogP contribution in [0.5, 0.6) is 0 Å². The van der Waals surface area contributed by atoms with Crippen molar-refractivity contribution in [1.82, 2.24) is 0 Å². The van der Waals surface area contributed by atoms with E-state index < -0.39 is 5.97 Å². The molecule has 22 heavy (non-hydrogen) atoms. The van der Waals surface area contributed by atoms with Crippen LogP contribution in [0.4, 0.5) is 5.69 Å². The first-order valence-corrected chi connectivity index (χ1v) is 7.37. The third kappa shape index (κ3) is 1.83. The molecule has 1 aromatic carbocycles. The lowest BCUT2D eigenvalue weighted by molar-refractivity contribution is -0.255. The predicted molar refractivity (Wildman–Crippen MR) is 72.5 cm³/mol. The van der Waals surface area contributed by atoms with Crippen molar-refractivity contribution in [2.75, 3.05) is 5.32 Å². The second kappa shape index (κ2) is 4.56. The number of hydrogen-bond donors (Lipinski definition) is 1. The van der Waals surface area contributed by atoms with Gasteiger partial charge in [0.2, 0.25) is 5.91 Å². The summed E-state index contributed by atoms with van der Waals surface area (Å²) in [5, 5.41) is 13.5. The van der Waals surface area contributed by atoms with Gasteiger partial charge in [-0.3, -0.25) is 9.59 Å². The molecule has 3 fully saturated rings. The molecule has 2 bridgehead atoms. The van der Waals surface area contributed by atoms with Gasteiger partial charge in [-0.05, 0) is 36.5 Å². The van der Waals surface area contributed by atoms with Crippen molar-refractivity contribution < 1.29 is 24.2 Å². The third-order valence-electron chi connectivity index (χ3n) is 5.17. The quantitative estimate of drug-likeness (QED) is 0.804. The molecule has 6 nitrogen and oxygen atoms in total. The largest absolute Gasteiger partial charge is 0.545 e. The smallest absolute Gasteiger partial charge is 0.310 e. The number of carbonyl (C=O) groups is 3. The molecule has 6 heteroatoms. The van der Waals surface area contributed by atoms with Crippen molar-refractivity contribution >= 4 is 23.5 Å². The zero-order valence-electron chi connectivity index (χ0n) is 11.7. The monoisotopic (exact) mass is 300 g/mol. The Labute approximate surface area is 126 Å². The molecule has 114 valence electrons. The molecule has 2 aliphatic carbocycles. The van der Waals surface area contributed by atoms with E-state index >= 15 is 0 Å². The molecular weight excluding hydrogens is 286 g/mol. The minimum Gasteiger partial charge on any atom is -0.545 e. The second-order valence-corrected chi connectivity index (χ2v) is 6.28. The van der Waals surface area contributed by atoms with E-state index in [1.54, 1.807) is 0 Å². The number of hydrogen-bond acceptors (Lipinski definition) is 5. The Hall–Kier alpha value is -2.37. The molecule has 1 saturated heterocycles. The van der Waals surface area contributed by atoms with E-state index in [2.05, 4.69) is 5.32 Å². The highest BCUT2D eigenvalue weighted by Crippen LogP contribution is 2.57. The summed E-state index contributed by atoms with van der Waals surface area (Å²) in [7, 11) is 0. The van der Waals surface area contributed by atoms with Gasteiger partial charge in [0.25, 0.3) is 0 Å².